The van der Waals surface area contributed by atoms with Gasteiger partial charge in [0.1, 0.15) is 5.82 Å². The number of halogens is 2. The molecule has 2 aromatic rings. The van der Waals surface area contributed by atoms with Gasteiger partial charge in [0.15, 0.2) is 0 Å². The van der Waals surface area contributed by atoms with Crippen molar-refractivity contribution >= 4 is 11.6 Å². The van der Waals surface area contributed by atoms with Crippen molar-refractivity contribution in [2.75, 3.05) is 0 Å². The summed E-state index contributed by atoms with van der Waals surface area (Å²) in [4.78, 5) is 0. The lowest BCUT2D eigenvalue weighted by Gasteiger charge is -2.22. The number of rotatable bonds is 1. The minimum absolute atomic E-state index is 0.125. The van der Waals surface area contributed by atoms with E-state index in [1.807, 2.05) is 0 Å². The lowest BCUT2D eigenvalue weighted by atomic mass is 9.83. The van der Waals surface area contributed by atoms with Gasteiger partial charge in [-0.05, 0) is 73.6 Å². The third-order valence-electron chi connectivity index (χ3n) is 4.21. The summed E-state index contributed by atoms with van der Waals surface area (Å²) in [5, 5.41) is 0.125. The van der Waals surface area contributed by atoms with E-state index < -0.39 is 5.82 Å². The van der Waals surface area contributed by atoms with Gasteiger partial charge in [0.2, 0.25) is 0 Å². The second kappa shape index (κ2) is 7.02. The molecule has 0 saturated carbocycles. The van der Waals surface area contributed by atoms with Crippen LogP contribution in [0.5, 0.6) is 0 Å². The van der Waals surface area contributed by atoms with Crippen molar-refractivity contribution in [2.24, 2.45) is 5.92 Å². The van der Waals surface area contributed by atoms with Crippen LogP contribution in [0.4, 0.5) is 4.39 Å². The quantitative estimate of drug-likeness (QED) is 0.476. The molecule has 0 radical (unpaired) electrons. The van der Waals surface area contributed by atoms with Gasteiger partial charge in [0.05, 0.1) is 5.02 Å². The average molecular weight is 325 g/mol. The van der Waals surface area contributed by atoms with Gasteiger partial charge in [-0.2, -0.15) is 0 Å². The standard InChI is InChI=1S/C21H18ClF/c1-2-3-15-6-9-19-13-16(7-10-18(19)12-15)4-5-17-8-11-20(22)21(23)14-17/h2-3,7-8,10-11,13-15H,6,9,12H2,1H3/b3-2+. The molecule has 1 aliphatic rings. The van der Waals surface area contributed by atoms with E-state index in [4.69, 9.17) is 11.6 Å². The van der Waals surface area contributed by atoms with E-state index >= 15 is 0 Å². The Morgan fingerprint density at radius 1 is 1.09 bits per heavy atom. The summed E-state index contributed by atoms with van der Waals surface area (Å²) in [5.41, 5.74) is 4.42. The molecule has 0 bridgehead atoms. The summed E-state index contributed by atoms with van der Waals surface area (Å²) in [6, 6.07) is 11.0. The summed E-state index contributed by atoms with van der Waals surface area (Å²) in [6.45, 7) is 2.08. The van der Waals surface area contributed by atoms with Gasteiger partial charge in [-0.15, -0.1) is 0 Å². The first-order valence-corrected chi connectivity index (χ1v) is 8.25. The fourth-order valence-corrected chi connectivity index (χ4v) is 3.13. The second-order valence-electron chi connectivity index (χ2n) is 5.89. The van der Waals surface area contributed by atoms with Crippen LogP contribution in [-0.2, 0) is 12.8 Å². The van der Waals surface area contributed by atoms with E-state index in [0.29, 0.717) is 11.5 Å². The molecule has 0 aliphatic heterocycles. The predicted molar refractivity (Wildman–Crippen MR) is 94.2 cm³/mol. The van der Waals surface area contributed by atoms with Crippen molar-refractivity contribution in [2.45, 2.75) is 26.2 Å². The molecule has 2 heteroatoms. The van der Waals surface area contributed by atoms with Crippen molar-refractivity contribution in [3.63, 3.8) is 0 Å². The number of hydrogen-bond donors (Lipinski definition) is 0. The maximum Gasteiger partial charge on any atom is 0.143 e. The van der Waals surface area contributed by atoms with Crippen LogP contribution in [0.15, 0.2) is 48.6 Å². The Balaban J connectivity index is 1.81. The Bertz CT molecular complexity index is 808. The molecule has 1 unspecified atom stereocenters. The number of aryl methyl sites for hydroxylation is 1. The van der Waals surface area contributed by atoms with Crippen molar-refractivity contribution in [3.05, 3.63) is 81.6 Å². The molecule has 1 aliphatic carbocycles. The average Bonchev–Trinajstić information content (AvgIpc) is 2.56. The predicted octanol–water partition coefficient (Wildman–Crippen LogP) is 5.56. The highest BCUT2D eigenvalue weighted by molar-refractivity contribution is 6.30. The van der Waals surface area contributed by atoms with E-state index in [1.54, 1.807) is 6.07 Å². The molecular formula is C21H18ClF. The number of fused-ring (bicyclic) bond motifs is 1. The first kappa shape index (κ1) is 15.8. The van der Waals surface area contributed by atoms with Crippen LogP contribution in [0.3, 0.4) is 0 Å². The van der Waals surface area contributed by atoms with Gasteiger partial charge in [0.25, 0.3) is 0 Å². The van der Waals surface area contributed by atoms with Gasteiger partial charge in [0, 0.05) is 11.1 Å². The third kappa shape index (κ3) is 3.84. The Morgan fingerprint density at radius 2 is 1.83 bits per heavy atom. The van der Waals surface area contributed by atoms with Crippen molar-refractivity contribution in [1.29, 1.82) is 0 Å². The highest BCUT2D eigenvalue weighted by atomic mass is 35.5. The molecule has 0 amide bonds. The molecule has 116 valence electrons. The zero-order valence-electron chi connectivity index (χ0n) is 13.1. The Labute approximate surface area is 142 Å². The lowest BCUT2D eigenvalue weighted by molar-refractivity contribution is 0.552. The van der Waals surface area contributed by atoms with Crippen LogP contribution in [0.25, 0.3) is 0 Å². The maximum atomic E-state index is 13.4. The van der Waals surface area contributed by atoms with Crippen molar-refractivity contribution < 1.29 is 4.39 Å². The van der Waals surface area contributed by atoms with Crippen LogP contribution in [0.2, 0.25) is 5.02 Å². The van der Waals surface area contributed by atoms with E-state index in [2.05, 4.69) is 49.1 Å². The molecule has 1 atom stereocenters. The molecule has 2 aromatic carbocycles. The van der Waals surface area contributed by atoms with E-state index in [9.17, 15) is 4.39 Å². The number of hydrogen-bond acceptors (Lipinski definition) is 0. The molecular weight excluding hydrogens is 307 g/mol. The summed E-state index contributed by atoms with van der Waals surface area (Å²) in [6.07, 6.45) is 7.83. The van der Waals surface area contributed by atoms with Crippen LogP contribution in [-0.4, -0.2) is 0 Å². The zero-order valence-corrected chi connectivity index (χ0v) is 13.8. The maximum absolute atomic E-state index is 13.4. The van der Waals surface area contributed by atoms with Crippen LogP contribution < -0.4 is 0 Å². The van der Waals surface area contributed by atoms with E-state index in [0.717, 1.165) is 18.4 Å². The highest BCUT2D eigenvalue weighted by Crippen LogP contribution is 2.27. The fraction of sp³-hybridized carbons (Fsp3) is 0.238. The zero-order chi connectivity index (χ0) is 16.2. The SMILES string of the molecule is C/C=C/C1CCc2cc(C#Cc3ccc(Cl)c(F)c3)ccc2C1. The molecule has 0 heterocycles. The molecule has 3 rings (SSSR count). The Morgan fingerprint density at radius 3 is 2.57 bits per heavy atom. The summed E-state index contributed by atoms with van der Waals surface area (Å²) < 4.78 is 13.4. The summed E-state index contributed by atoms with van der Waals surface area (Å²) >= 11 is 5.68. The van der Waals surface area contributed by atoms with E-state index in [-0.39, 0.29) is 5.02 Å². The third-order valence-corrected chi connectivity index (χ3v) is 4.51. The van der Waals surface area contributed by atoms with E-state index in [1.165, 1.54) is 29.7 Å². The lowest BCUT2D eigenvalue weighted by Crippen LogP contribution is -2.12. The second-order valence-corrected chi connectivity index (χ2v) is 6.30. The van der Waals surface area contributed by atoms with Gasteiger partial charge >= 0.3 is 0 Å². The topological polar surface area (TPSA) is 0 Å². The van der Waals surface area contributed by atoms with Gasteiger partial charge < -0.3 is 0 Å². The van der Waals surface area contributed by atoms with Crippen LogP contribution in [0, 0.1) is 23.6 Å². The summed E-state index contributed by atoms with van der Waals surface area (Å²) in [7, 11) is 0. The van der Waals surface area contributed by atoms with Crippen molar-refractivity contribution in [3.8, 4) is 11.8 Å². The highest BCUT2D eigenvalue weighted by Gasteiger charge is 2.16. The number of allylic oxidation sites excluding steroid dienone is 2. The van der Waals surface area contributed by atoms with Crippen LogP contribution >= 0.6 is 11.6 Å². The minimum Gasteiger partial charge on any atom is -0.205 e. The molecule has 23 heavy (non-hydrogen) atoms. The first-order chi connectivity index (χ1) is 11.2. The Hall–Kier alpha value is -2.04. The largest absolute Gasteiger partial charge is 0.205 e. The molecule has 0 fully saturated rings. The van der Waals surface area contributed by atoms with Gasteiger partial charge in [-0.1, -0.05) is 41.7 Å². The molecule has 0 aromatic heterocycles. The molecule has 0 saturated heterocycles. The van der Waals surface area contributed by atoms with Gasteiger partial charge in [-0.25, -0.2) is 4.39 Å². The number of benzene rings is 2. The van der Waals surface area contributed by atoms with Gasteiger partial charge in [-0.3, -0.25) is 0 Å². The first-order valence-electron chi connectivity index (χ1n) is 7.87. The fourth-order valence-electron chi connectivity index (χ4n) is 3.02. The van der Waals surface area contributed by atoms with Crippen molar-refractivity contribution in [1.82, 2.24) is 0 Å². The molecule has 0 nitrogen and oxygen atoms in total. The smallest absolute Gasteiger partial charge is 0.143 e. The van der Waals surface area contributed by atoms with Crippen LogP contribution in [0.1, 0.15) is 35.6 Å². The normalized spacial score (nSPS) is 16.7. The monoisotopic (exact) mass is 324 g/mol. The summed E-state index contributed by atoms with van der Waals surface area (Å²) in [5.74, 6) is 6.35. The Kier molecular flexibility index (Phi) is 4.84. The molecule has 0 N–H and O–H groups in total. The molecule has 0 spiro atoms. The minimum atomic E-state index is -0.432.